The first-order chi connectivity index (χ1) is 22.3. The Hall–Kier alpha value is -1.85. The van der Waals surface area contributed by atoms with Crippen molar-refractivity contribution in [1.29, 1.82) is 0 Å². The van der Waals surface area contributed by atoms with Crippen molar-refractivity contribution in [3.05, 3.63) is 48.6 Å². The highest BCUT2D eigenvalue weighted by atomic mass is 16.7. The second kappa shape index (κ2) is 28.2. The minimum absolute atomic E-state index is 0.152. The van der Waals surface area contributed by atoms with Crippen molar-refractivity contribution < 1.29 is 39.8 Å². The summed E-state index contributed by atoms with van der Waals surface area (Å²) in [5, 5.41) is 53.7. The van der Waals surface area contributed by atoms with E-state index in [0.717, 1.165) is 89.9 Å². The molecule has 0 bridgehead atoms. The first-order valence-electron chi connectivity index (χ1n) is 17.8. The summed E-state index contributed by atoms with van der Waals surface area (Å²) in [7, 11) is 0. The summed E-state index contributed by atoms with van der Waals surface area (Å²) in [6, 6.07) is -0.728. The second-order valence-corrected chi connectivity index (χ2v) is 12.3. The largest absolute Gasteiger partial charge is 0.394 e. The van der Waals surface area contributed by atoms with Gasteiger partial charge in [0.25, 0.3) is 0 Å². The fraction of sp³-hybridized carbons (Fsp3) is 0.757. The van der Waals surface area contributed by atoms with Gasteiger partial charge in [0.05, 0.1) is 25.4 Å². The molecular formula is C37H65NO8. The van der Waals surface area contributed by atoms with Crippen molar-refractivity contribution in [3.8, 4) is 0 Å². The fourth-order valence-electron chi connectivity index (χ4n) is 5.27. The summed E-state index contributed by atoms with van der Waals surface area (Å²) in [6.07, 6.45) is 25.7. The van der Waals surface area contributed by atoms with E-state index in [-0.39, 0.29) is 12.5 Å². The van der Waals surface area contributed by atoms with Crippen LogP contribution in [0.2, 0.25) is 0 Å². The van der Waals surface area contributed by atoms with Gasteiger partial charge in [0.15, 0.2) is 6.29 Å². The van der Waals surface area contributed by atoms with Crippen LogP contribution in [0.3, 0.4) is 0 Å². The lowest BCUT2D eigenvalue weighted by Crippen LogP contribution is -2.60. The number of nitrogens with one attached hydrogen (secondary N) is 1. The van der Waals surface area contributed by atoms with Gasteiger partial charge in [-0.25, -0.2) is 0 Å². The molecule has 1 saturated heterocycles. The van der Waals surface area contributed by atoms with E-state index >= 15 is 0 Å². The van der Waals surface area contributed by atoms with Crippen LogP contribution in [0.1, 0.15) is 123 Å². The number of allylic oxidation sites excluding steroid dienone is 8. The minimum atomic E-state index is -1.56. The normalized spacial score (nSPS) is 23.7. The number of amides is 1. The first-order valence-corrected chi connectivity index (χ1v) is 17.8. The summed E-state index contributed by atoms with van der Waals surface area (Å²) in [6.45, 7) is 3.59. The van der Waals surface area contributed by atoms with Gasteiger partial charge in [0.2, 0.25) is 5.91 Å². The third kappa shape index (κ3) is 19.7. The van der Waals surface area contributed by atoms with Crippen molar-refractivity contribution >= 4 is 5.91 Å². The van der Waals surface area contributed by atoms with Crippen molar-refractivity contribution in [2.24, 2.45) is 0 Å². The maximum Gasteiger partial charge on any atom is 0.220 e. The Balaban J connectivity index is 2.40. The lowest BCUT2D eigenvalue weighted by molar-refractivity contribution is -0.302. The number of aliphatic hydroxyl groups is 5. The second-order valence-electron chi connectivity index (χ2n) is 12.3. The van der Waals surface area contributed by atoms with Gasteiger partial charge in [-0.1, -0.05) is 114 Å². The Kier molecular flexibility index (Phi) is 25.8. The summed E-state index contributed by atoms with van der Waals surface area (Å²) in [5.74, 6) is -0.177. The van der Waals surface area contributed by atoms with Crippen molar-refractivity contribution in [3.63, 3.8) is 0 Å². The molecule has 266 valence electrons. The van der Waals surface area contributed by atoms with E-state index in [1.54, 1.807) is 0 Å². The monoisotopic (exact) mass is 651 g/mol. The van der Waals surface area contributed by atoms with E-state index in [1.807, 2.05) is 0 Å². The number of aliphatic hydroxyl groups excluding tert-OH is 5. The zero-order chi connectivity index (χ0) is 33.8. The summed E-state index contributed by atoms with van der Waals surface area (Å²) in [4.78, 5) is 12.8. The van der Waals surface area contributed by atoms with Crippen LogP contribution in [0.15, 0.2) is 48.6 Å². The van der Waals surface area contributed by atoms with Crippen molar-refractivity contribution in [2.75, 3.05) is 13.2 Å². The maximum atomic E-state index is 12.8. The van der Waals surface area contributed by atoms with Gasteiger partial charge in [-0.15, -0.1) is 0 Å². The number of hydrogen-bond acceptors (Lipinski definition) is 8. The predicted molar refractivity (Wildman–Crippen MR) is 184 cm³/mol. The van der Waals surface area contributed by atoms with Gasteiger partial charge in [0, 0.05) is 6.42 Å². The summed E-state index contributed by atoms with van der Waals surface area (Å²) >= 11 is 0. The molecule has 1 aliphatic heterocycles. The van der Waals surface area contributed by atoms with E-state index in [1.165, 1.54) is 6.42 Å². The molecule has 0 saturated carbocycles. The molecule has 7 unspecified atom stereocenters. The lowest BCUT2D eigenvalue weighted by atomic mass is 9.99. The molecule has 6 N–H and O–H groups in total. The van der Waals surface area contributed by atoms with E-state index < -0.39 is 49.5 Å². The number of rotatable bonds is 27. The highest BCUT2D eigenvalue weighted by Crippen LogP contribution is 2.22. The molecular weight excluding hydrogens is 586 g/mol. The van der Waals surface area contributed by atoms with Crippen LogP contribution < -0.4 is 5.32 Å². The van der Waals surface area contributed by atoms with Gasteiger partial charge in [-0.3, -0.25) is 4.79 Å². The van der Waals surface area contributed by atoms with Crippen LogP contribution in [0.25, 0.3) is 0 Å². The van der Waals surface area contributed by atoms with Crippen LogP contribution in [0.4, 0.5) is 0 Å². The number of carbonyl (C=O) groups is 1. The number of ether oxygens (including phenoxy) is 2. The third-order valence-electron chi connectivity index (χ3n) is 8.20. The first kappa shape index (κ1) is 42.2. The third-order valence-corrected chi connectivity index (χ3v) is 8.20. The molecule has 0 aromatic carbocycles. The smallest absolute Gasteiger partial charge is 0.220 e. The molecule has 0 aromatic heterocycles. The molecule has 0 aromatic rings. The van der Waals surface area contributed by atoms with E-state index in [9.17, 15) is 30.3 Å². The Morgan fingerprint density at radius 3 is 2.00 bits per heavy atom. The molecule has 0 spiro atoms. The standard InChI is InChI=1S/C37H65NO8/c1-3-5-7-9-11-12-13-14-15-16-17-18-19-20-21-23-25-27-33(41)38-30(31(40)26-24-22-10-8-6-4-2)29-45-37-36(44)35(43)34(42)32(28-39)46-37/h5,7,11-12,14-15,17-18,30-32,34-37,39-40,42-44H,3-4,6,8-10,13,16,19-29H2,1-2H3,(H,38,41)/b7-5-,12-11-,15-14-,18-17-. The van der Waals surface area contributed by atoms with Gasteiger partial charge in [0.1, 0.15) is 24.4 Å². The molecule has 0 aliphatic carbocycles. The van der Waals surface area contributed by atoms with Crippen molar-refractivity contribution in [2.45, 2.75) is 166 Å². The molecule has 1 heterocycles. The molecule has 7 atom stereocenters. The molecule has 9 heteroatoms. The number of hydrogen-bond donors (Lipinski definition) is 6. The van der Waals surface area contributed by atoms with Crippen LogP contribution in [0.5, 0.6) is 0 Å². The summed E-state index contributed by atoms with van der Waals surface area (Å²) in [5.41, 5.74) is 0. The zero-order valence-corrected chi connectivity index (χ0v) is 28.6. The van der Waals surface area contributed by atoms with Gasteiger partial charge in [-0.2, -0.15) is 0 Å². The number of unbranched alkanes of at least 4 members (excludes halogenated alkanes) is 9. The zero-order valence-electron chi connectivity index (χ0n) is 28.6. The van der Waals surface area contributed by atoms with Gasteiger partial charge >= 0.3 is 0 Å². The van der Waals surface area contributed by atoms with Crippen LogP contribution in [-0.4, -0.2) is 87.5 Å². The predicted octanol–water partition coefficient (Wildman–Crippen LogP) is 5.54. The molecule has 46 heavy (non-hydrogen) atoms. The number of carbonyl (C=O) groups excluding carboxylic acids is 1. The molecule has 1 fully saturated rings. The Labute approximate surface area is 278 Å². The van der Waals surface area contributed by atoms with Crippen molar-refractivity contribution in [1.82, 2.24) is 5.32 Å². The molecule has 1 amide bonds. The van der Waals surface area contributed by atoms with E-state index in [2.05, 4.69) is 67.8 Å². The SMILES string of the molecule is CC/C=C\C/C=C\C/C=C\C/C=C\CCCCCCC(=O)NC(COC1OC(CO)C(O)C(O)C1O)C(O)CCCCCCCC. The minimum Gasteiger partial charge on any atom is -0.394 e. The quantitative estimate of drug-likeness (QED) is 0.0501. The molecule has 0 radical (unpaired) electrons. The topological polar surface area (TPSA) is 149 Å². The highest BCUT2D eigenvalue weighted by Gasteiger charge is 2.44. The van der Waals surface area contributed by atoms with Crippen LogP contribution in [0, 0.1) is 0 Å². The molecule has 1 aliphatic rings. The van der Waals surface area contributed by atoms with Crippen LogP contribution >= 0.6 is 0 Å². The Morgan fingerprint density at radius 1 is 0.761 bits per heavy atom. The molecule has 9 nitrogen and oxygen atoms in total. The Morgan fingerprint density at radius 2 is 1.35 bits per heavy atom. The average molecular weight is 652 g/mol. The van der Waals surface area contributed by atoms with E-state index in [4.69, 9.17) is 9.47 Å². The Bertz CT molecular complexity index is 858. The van der Waals surface area contributed by atoms with Gasteiger partial charge in [-0.05, 0) is 51.4 Å². The molecule has 1 rings (SSSR count). The average Bonchev–Trinajstić information content (AvgIpc) is 3.05. The van der Waals surface area contributed by atoms with Crippen LogP contribution in [-0.2, 0) is 14.3 Å². The van der Waals surface area contributed by atoms with Gasteiger partial charge < -0.3 is 40.3 Å². The highest BCUT2D eigenvalue weighted by molar-refractivity contribution is 5.76. The maximum absolute atomic E-state index is 12.8. The fourth-order valence-corrected chi connectivity index (χ4v) is 5.27. The lowest BCUT2D eigenvalue weighted by Gasteiger charge is -2.40. The van der Waals surface area contributed by atoms with E-state index in [0.29, 0.717) is 12.8 Å². The summed E-state index contributed by atoms with van der Waals surface area (Å²) < 4.78 is 11.1.